The SMILES string of the molecule is C=C/C=C\C(=C)N=C(C=NCC)C/C=C\C/C=C\CC. The molecule has 0 atom stereocenters. The van der Waals surface area contributed by atoms with Crippen LogP contribution in [-0.2, 0) is 0 Å². The first-order chi connectivity index (χ1) is 9.74. The molecule has 20 heavy (non-hydrogen) atoms. The van der Waals surface area contributed by atoms with Crippen LogP contribution in [0.15, 0.2) is 71.4 Å². The molecule has 0 radical (unpaired) electrons. The highest BCUT2D eigenvalue weighted by atomic mass is 14.8. The molecule has 2 nitrogen and oxygen atoms in total. The summed E-state index contributed by atoms with van der Waals surface area (Å²) in [6.07, 6.45) is 18.6. The zero-order valence-electron chi connectivity index (χ0n) is 12.8. The highest BCUT2D eigenvalue weighted by Gasteiger charge is 1.93. The van der Waals surface area contributed by atoms with E-state index in [1.807, 2.05) is 25.3 Å². The maximum atomic E-state index is 4.45. The smallest absolute Gasteiger partial charge is 0.0626 e. The minimum absolute atomic E-state index is 0.710. The van der Waals surface area contributed by atoms with Gasteiger partial charge in [0.2, 0.25) is 0 Å². The summed E-state index contributed by atoms with van der Waals surface area (Å²) in [6, 6.07) is 0. The minimum atomic E-state index is 0.710. The largest absolute Gasteiger partial charge is 0.292 e. The molecular formula is C18H26N2. The maximum absolute atomic E-state index is 4.45. The fourth-order valence-electron chi connectivity index (χ4n) is 1.37. The fourth-order valence-corrected chi connectivity index (χ4v) is 1.37. The Hall–Kier alpha value is -1.96. The highest BCUT2D eigenvalue weighted by molar-refractivity contribution is 6.31. The van der Waals surface area contributed by atoms with E-state index in [1.54, 1.807) is 6.08 Å². The zero-order valence-corrected chi connectivity index (χ0v) is 12.8. The predicted molar refractivity (Wildman–Crippen MR) is 92.8 cm³/mol. The van der Waals surface area contributed by atoms with Gasteiger partial charge in [0, 0.05) is 19.2 Å². The van der Waals surface area contributed by atoms with Gasteiger partial charge in [-0.1, -0.05) is 56.5 Å². The average Bonchev–Trinajstić information content (AvgIpc) is 2.45. The van der Waals surface area contributed by atoms with Crippen molar-refractivity contribution < 1.29 is 0 Å². The van der Waals surface area contributed by atoms with Crippen LogP contribution in [0.3, 0.4) is 0 Å². The summed E-state index contributed by atoms with van der Waals surface area (Å²) < 4.78 is 0. The van der Waals surface area contributed by atoms with Crippen molar-refractivity contribution in [1.29, 1.82) is 0 Å². The molecule has 0 saturated carbocycles. The van der Waals surface area contributed by atoms with Crippen LogP contribution < -0.4 is 0 Å². The first kappa shape index (κ1) is 18.0. The second-order valence-corrected chi connectivity index (χ2v) is 4.11. The number of aliphatic imine (C=N–C) groups is 2. The van der Waals surface area contributed by atoms with E-state index in [0.29, 0.717) is 5.70 Å². The third-order valence-corrected chi connectivity index (χ3v) is 2.30. The summed E-state index contributed by atoms with van der Waals surface area (Å²) in [6.45, 7) is 12.4. The maximum Gasteiger partial charge on any atom is 0.0626 e. The van der Waals surface area contributed by atoms with Crippen molar-refractivity contribution in [2.45, 2.75) is 33.1 Å². The van der Waals surface area contributed by atoms with Gasteiger partial charge in [0.15, 0.2) is 0 Å². The molecule has 108 valence electrons. The number of nitrogens with zero attached hydrogens (tertiary/aromatic N) is 2. The monoisotopic (exact) mass is 270 g/mol. The van der Waals surface area contributed by atoms with Gasteiger partial charge < -0.3 is 0 Å². The Kier molecular flexibility index (Phi) is 12.2. The summed E-state index contributed by atoms with van der Waals surface area (Å²) in [7, 11) is 0. The molecular weight excluding hydrogens is 244 g/mol. The van der Waals surface area contributed by atoms with E-state index in [9.17, 15) is 0 Å². The molecule has 2 heteroatoms. The van der Waals surface area contributed by atoms with Crippen LogP contribution >= 0.6 is 0 Å². The van der Waals surface area contributed by atoms with Crippen molar-refractivity contribution >= 4 is 11.9 Å². The number of hydrogen-bond acceptors (Lipinski definition) is 2. The van der Waals surface area contributed by atoms with Gasteiger partial charge >= 0.3 is 0 Å². The fraction of sp³-hybridized carbons (Fsp3) is 0.333. The van der Waals surface area contributed by atoms with Crippen molar-refractivity contribution in [3.05, 3.63) is 61.4 Å². The lowest BCUT2D eigenvalue weighted by atomic mass is 10.2. The van der Waals surface area contributed by atoms with Gasteiger partial charge in [-0.25, -0.2) is 0 Å². The first-order valence-corrected chi connectivity index (χ1v) is 7.09. The Morgan fingerprint density at radius 1 is 1.10 bits per heavy atom. The van der Waals surface area contributed by atoms with Crippen molar-refractivity contribution in [2.24, 2.45) is 9.98 Å². The van der Waals surface area contributed by atoms with E-state index in [-0.39, 0.29) is 0 Å². The molecule has 0 unspecified atom stereocenters. The van der Waals surface area contributed by atoms with Gasteiger partial charge in [-0.05, 0) is 25.8 Å². The van der Waals surface area contributed by atoms with Crippen LogP contribution in [0.1, 0.15) is 33.1 Å². The van der Waals surface area contributed by atoms with Gasteiger partial charge in [-0.3, -0.25) is 9.98 Å². The lowest BCUT2D eigenvalue weighted by Gasteiger charge is -1.97. The standard InChI is InChI=1S/C18H26N2/c1-5-8-10-11-12-13-15-18(16-19-7-3)20-17(4)14-9-6-2/h6,8-10,12-14,16H,2,4-5,7,11,15H2,1,3H3/b10-8-,13-12-,14-9-,19-16?,20-18?. The third kappa shape index (κ3) is 11.1. The van der Waals surface area contributed by atoms with Gasteiger partial charge in [0.25, 0.3) is 0 Å². The normalized spacial score (nSPS) is 13.2. The quantitative estimate of drug-likeness (QED) is 0.300. The zero-order chi connectivity index (χ0) is 15.1. The van der Waals surface area contributed by atoms with Crippen LogP contribution in [0.4, 0.5) is 0 Å². The molecule has 0 saturated heterocycles. The van der Waals surface area contributed by atoms with Gasteiger partial charge in [0.05, 0.1) is 11.4 Å². The lowest BCUT2D eigenvalue weighted by molar-refractivity contribution is 1.14. The molecule has 0 bridgehead atoms. The molecule has 0 aromatic rings. The lowest BCUT2D eigenvalue weighted by Crippen LogP contribution is -1.99. The van der Waals surface area contributed by atoms with E-state index < -0.39 is 0 Å². The van der Waals surface area contributed by atoms with Crippen LogP contribution in [0.2, 0.25) is 0 Å². The van der Waals surface area contributed by atoms with E-state index in [2.05, 4.69) is 54.4 Å². The molecule has 0 rings (SSSR count). The predicted octanol–water partition coefficient (Wildman–Crippen LogP) is 5.08. The summed E-state index contributed by atoms with van der Waals surface area (Å²) in [5.41, 5.74) is 1.63. The molecule has 0 aliphatic heterocycles. The molecule has 0 N–H and O–H groups in total. The van der Waals surface area contributed by atoms with Crippen LogP contribution in [0.5, 0.6) is 0 Å². The Bertz CT molecular complexity index is 421. The van der Waals surface area contributed by atoms with E-state index in [0.717, 1.165) is 31.5 Å². The van der Waals surface area contributed by atoms with Crippen molar-refractivity contribution in [1.82, 2.24) is 0 Å². The molecule has 0 aliphatic rings. The second-order valence-electron chi connectivity index (χ2n) is 4.11. The average molecular weight is 270 g/mol. The van der Waals surface area contributed by atoms with Crippen molar-refractivity contribution in [2.75, 3.05) is 6.54 Å². The Morgan fingerprint density at radius 2 is 1.85 bits per heavy atom. The molecule has 0 amide bonds. The van der Waals surface area contributed by atoms with E-state index in [1.165, 1.54) is 0 Å². The van der Waals surface area contributed by atoms with Gasteiger partial charge in [-0.2, -0.15) is 0 Å². The minimum Gasteiger partial charge on any atom is -0.292 e. The molecule has 0 aromatic heterocycles. The number of allylic oxidation sites excluding steroid dienone is 7. The molecule has 0 fully saturated rings. The van der Waals surface area contributed by atoms with Crippen molar-refractivity contribution in [3.8, 4) is 0 Å². The molecule has 0 spiro atoms. The highest BCUT2D eigenvalue weighted by Crippen LogP contribution is 2.00. The Labute approximate surface area is 123 Å². The topological polar surface area (TPSA) is 24.7 Å². The van der Waals surface area contributed by atoms with E-state index in [4.69, 9.17) is 0 Å². The van der Waals surface area contributed by atoms with Gasteiger partial charge in [0.1, 0.15) is 0 Å². The van der Waals surface area contributed by atoms with Crippen LogP contribution in [0, 0.1) is 0 Å². The Morgan fingerprint density at radius 3 is 2.50 bits per heavy atom. The first-order valence-electron chi connectivity index (χ1n) is 7.09. The number of hydrogen-bond donors (Lipinski definition) is 0. The summed E-state index contributed by atoms with van der Waals surface area (Å²) in [5.74, 6) is 0. The summed E-state index contributed by atoms with van der Waals surface area (Å²) in [5, 5.41) is 0. The molecule has 0 aliphatic carbocycles. The summed E-state index contributed by atoms with van der Waals surface area (Å²) >= 11 is 0. The summed E-state index contributed by atoms with van der Waals surface area (Å²) in [4.78, 5) is 8.70. The van der Waals surface area contributed by atoms with Crippen molar-refractivity contribution in [3.63, 3.8) is 0 Å². The molecule has 0 heterocycles. The second kappa shape index (κ2) is 13.5. The third-order valence-electron chi connectivity index (χ3n) is 2.30. The van der Waals surface area contributed by atoms with Crippen LogP contribution in [-0.4, -0.2) is 18.5 Å². The van der Waals surface area contributed by atoms with E-state index >= 15 is 0 Å². The number of rotatable bonds is 10. The van der Waals surface area contributed by atoms with Gasteiger partial charge in [-0.15, -0.1) is 0 Å². The van der Waals surface area contributed by atoms with Crippen LogP contribution in [0.25, 0.3) is 0 Å². The Balaban J connectivity index is 4.56. The molecule has 0 aromatic carbocycles.